The van der Waals surface area contributed by atoms with Crippen molar-refractivity contribution in [3.63, 3.8) is 0 Å². The van der Waals surface area contributed by atoms with Crippen LogP contribution in [0, 0.1) is 17.0 Å². The first-order valence-corrected chi connectivity index (χ1v) is 4.43. The quantitative estimate of drug-likeness (QED) is 0.418. The summed E-state index contributed by atoms with van der Waals surface area (Å²) in [4.78, 5) is 10.2. The van der Waals surface area contributed by atoms with E-state index in [1.54, 1.807) is 19.1 Å². The molecule has 74 valence electrons. The van der Waals surface area contributed by atoms with Crippen molar-refractivity contribution in [3.05, 3.63) is 52.1 Å². The van der Waals surface area contributed by atoms with Gasteiger partial charge in [-0.1, -0.05) is 19.1 Å². The minimum atomic E-state index is -0.363. The summed E-state index contributed by atoms with van der Waals surface area (Å²) in [5, 5.41) is 10.6. The molecule has 0 heterocycles. The van der Waals surface area contributed by atoms with E-state index in [9.17, 15) is 10.1 Å². The van der Waals surface area contributed by atoms with Gasteiger partial charge in [0.2, 0.25) is 0 Å². The number of hydrogen-bond acceptors (Lipinski definition) is 2. The van der Waals surface area contributed by atoms with Crippen LogP contribution in [0.2, 0.25) is 0 Å². The molecule has 3 heteroatoms. The molecule has 0 N–H and O–H groups in total. The van der Waals surface area contributed by atoms with E-state index in [1.165, 1.54) is 0 Å². The van der Waals surface area contributed by atoms with E-state index in [0.29, 0.717) is 5.56 Å². The molecule has 1 unspecified atom stereocenters. The Hall–Kier alpha value is -1.64. The zero-order valence-electron chi connectivity index (χ0n) is 8.36. The van der Waals surface area contributed by atoms with Gasteiger partial charge in [0.15, 0.2) is 0 Å². The van der Waals surface area contributed by atoms with Gasteiger partial charge in [-0.05, 0) is 24.5 Å². The molecule has 3 nitrogen and oxygen atoms in total. The molecule has 0 aromatic heterocycles. The highest BCUT2D eigenvalue weighted by atomic mass is 16.6. The Balaban J connectivity index is 3.12. The molecular formula is C11H13NO2. The molecule has 0 saturated heterocycles. The van der Waals surface area contributed by atoms with Crippen molar-refractivity contribution in [3.8, 4) is 0 Å². The Bertz CT molecular complexity index is 372. The molecule has 0 spiro atoms. The minimum absolute atomic E-state index is 0.171. The van der Waals surface area contributed by atoms with E-state index in [2.05, 4.69) is 6.58 Å². The molecular weight excluding hydrogens is 178 g/mol. The standard InChI is InChI=1S/C11H13NO2/c1-4-8(2)10-5-6-11(12(13)14)9(3)7-10/h4-8H,1H2,2-3H3. The SMILES string of the molecule is C=CC(C)c1ccc([N+](=O)[O-])c(C)c1. The first kappa shape index (κ1) is 10.4. The molecule has 0 amide bonds. The van der Waals surface area contributed by atoms with Gasteiger partial charge in [0, 0.05) is 11.6 Å². The van der Waals surface area contributed by atoms with Crippen LogP contribution in [0.15, 0.2) is 30.9 Å². The fourth-order valence-electron chi connectivity index (χ4n) is 1.30. The van der Waals surface area contributed by atoms with Crippen molar-refractivity contribution in [2.24, 2.45) is 0 Å². The van der Waals surface area contributed by atoms with Crippen LogP contribution in [0.1, 0.15) is 24.0 Å². The van der Waals surface area contributed by atoms with Crippen LogP contribution in [0.4, 0.5) is 5.69 Å². The van der Waals surface area contributed by atoms with Gasteiger partial charge in [-0.2, -0.15) is 0 Å². The zero-order valence-corrected chi connectivity index (χ0v) is 8.36. The van der Waals surface area contributed by atoms with Crippen LogP contribution in [-0.2, 0) is 0 Å². The predicted octanol–water partition coefficient (Wildman–Crippen LogP) is 3.19. The van der Waals surface area contributed by atoms with E-state index in [4.69, 9.17) is 0 Å². The van der Waals surface area contributed by atoms with Gasteiger partial charge in [0.1, 0.15) is 0 Å². The van der Waals surface area contributed by atoms with Crippen molar-refractivity contribution in [2.45, 2.75) is 19.8 Å². The molecule has 0 fully saturated rings. The number of hydrogen-bond donors (Lipinski definition) is 0. The van der Waals surface area contributed by atoms with Crippen LogP contribution in [0.5, 0.6) is 0 Å². The molecule has 1 aromatic rings. The second-order valence-electron chi connectivity index (χ2n) is 3.33. The summed E-state index contributed by atoms with van der Waals surface area (Å²) >= 11 is 0. The first-order valence-electron chi connectivity index (χ1n) is 4.43. The second kappa shape index (κ2) is 4.05. The van der Waals surface area contributed by atoms with E-state index < -0.39 is 0 Å². The summed E-state index contributed by atoms with van der Waals surface area (Å²) in [6, 6.07) is 5.16. The Morgan fingerprint density at radius 1 is 1.57 bits per heavy atom. The van der Waals surface area contributed by atoms with Crippen LogP contribution >= 0.6 is 0 Å². The van der Waals surface area contributed by atoms with Crippen LogP contribution in [-0.4, -0.2) is 4.92 Å². The maximum Gasteiger partial charge on any atom is 0.272 e. The summed E-state index contributed by atoms with van der Waals surface area (Å²) in [7, 11) is 0. The van der Waals surface area contributed by atoms with Crippen molar-refractivity contribution < 1.29 is 4.92 Å². The molecule has 0 aliphatic carbocycles. The van der Waals surface area contributed by atoms with E-state index in [1.807, 2.05) is 19.1 Å². The lowest BCUT2D eigenvalue weighted by Crippen LogP contribution is -1.95. The van der Waals surface area contributed by atoms with E-state index in [0.717, 1.165) is 5.56 Å². The third-order valence-electron chi connectivity index (χ3n) is 2.30. The fraction of sp³-hybridized carbons (Fsp3) is 0.273. The van der Waals surface area contributed by atoms with Gasteiger partial charge >= 0.3 is 0 Å². The Morgan fingerprint density at radius 2 is 2.21 bits per heavy atom. The van der Waals surface area contributed by atoms with Crippen molar-refractivity contribution in [2.75, 3.05) is 0 Å². The van der Waals surface area contributed by atoms with Crippen LogP contribution < -0.4 is 0 Å². The highest BCUT2D eigenvalue weighted by Gasteiger charge is 2.11. The lowest BCUT2D eigenvalue weighted by atomic mass is 9.99. The van der Waals surface area contributed by atoms with E-state index >= 15 is 0 Å². The van der Waals surface area contributed by atoms with Gasteiger partial charge in [0.05, 0.1) is 4.92 Å². The predicted molar refractivity (Wildman–Crippen MR) is 56.4 cm³/mol. The number of nitro benzene ring substituents is 1. The summed E-state index contributed by atoms with van der Waals surface area (Å²) in [5.41, 5.74) is 1.93. The monoisotopic (exact) mass is 191 g/mol. The van der Waals surface area contributed by atoms with Gasteiger partial charge in [0.25, 0.3) is 5.69 Å². The highest BCUT2D eigenvalue weighted by Crippen LogP contribution is 2.23. The van der Waals surface area contributed by atoms with Gasteiger partial charge < -0.3 is 0 Å². The second-order valence-corrected chi connectivity index (χ2v) is 3.33. The number of nitro groups is 1. The molecule has 0 aliphatic heterocycles. The molecule has 1 aromatic carbocycles. The lowest BCUT2D eigenvalue weighted by molar-refractivity contribution is -0.385. The van der Waals surface area contributed by atoms with Crippen LogP contribution in [0.3, 0.4) is 0 Å². The normalized spacial score (nSPS) is 12.1. The van der Waals surface area contributed by atoms with E-state index in [-0.39, 0.29) is 16.5 Å². The molecule has 1 atom stereocenters. The molecule has 14 heavy (non-hydrogen) atoms. The smallest absolute Gasteiger partial charge is 0.258 e. The Labute approximate surface area is 83.2 Å². The number of nitrogens with zero attached hydrogens (tertiary/aromatic N) is 1. The maximum atomic E-state index is 10.6. The molecule has 0 saturated carbocycles. The first-order chi connectivity index (χ1) is 6.56. The molecule has 1 rings (SSSR count). The topological polar surface area (TPSA) is 43.1 Å². The Morgan fingerprint density at radius 3 is 2.64 bits per heavy atom. The third kappa shape index (κ3) is 1.99. The largest absolute Gasteiger partial charge is 0.272 e. The molecule has 0 bridgehead atoms. The molecule has 0 radical (unpaired) electrons. The van der Waals surface area contributed by atoms with Crippen molar-refractivity contribution >= 4 is 5.69 Å². The lowest BCUT2D eigenvalue weighted by Gasteiger charge is -2.06. The van der Waals surface area contributed by atoms with Gasteiger partial charge in [-0.15, -0.1) is 6.58 Å². The minimum Gasteiger partial charge on any atom is -0.258 e. The van der Waals surface area contributed by atoms with Gasteiger partial charge in [-0.25, -0.2) is 0 Å². The number of allylic oxidation sites excluding steroid dienone is 1. The van der Waals surface area contributed by atoms with Crippen molar-refractivity contribution in [1.82, 2.24) is 0 Å². The average molecular weight is 191 g/mol. The summed E-state index contributed by atoms with van der Waals surface area (Å²) in [6.45, 7) is 7.45. The Kier molecular flexibility index (Phi) is 3.02. The number of aryl methyl sites for hydroxylation is 1. The summed E-state index contributed by atoms with van der Waals surface area (Å²) < 4.78 is 0. The van der Waals surface area contributed by atoms with Crippen molar-refractivity contribution in [1.29, 1.82) is 0 Å². The third-order valence-corrected chi connectivity index (χ3v) is 2.30. The average Bonchev–Trinajstić information content (AvgIpc) is 2.15. The summed E-state index contributed by atoms with van der Waals surface area (Å²) in [6.07, 6.45) is 1.82. The fourth-order valence-corrected chi connectivity index (χ4v) is 1.30. The highest BCUT2D eigenvalue weighted by molar-refractivity contribution is 5.43. The number of benzene rings is 1. The maximum absolute atomic E-state index is 10.6. The number of rotatable bonds is 3. The zero-order chi connectivity index (χ0) is 10.7. The summed E-state index contributed by atoms with van der Waals surface area (Å²) in [5.74, 6) is 0.231. The van der Waals surface area contributed by atoms with Crippen LogP contribution in [0.25, 0.3) is 0 Å². The van der Waals surface area contributed by atoms with Gasteiger partial charge in [-0.3, -0.25) is 10.1 Å². The molecule has 0 aliphatic rings.